The molecule has 0 radical (unpaired) electrons. The summed E-state index contributed by atoms with van der Waals surface area (Å²) in [6, 6.07) is 0.283. The monoisotopic (exact) mass is 237 g/mol. The van der Waals surface area contributed by atoms with Crippen molar-refractivity contribution in [3.63, 3.8) is 0 Å². The van der Waals surface area contributed by atoms with Crippen LogP contribution in [0.3, 0.4) is 0 Å². The zero-order chi connectivity index (χ0) is 11.8. The number of nitrogens with one attached hydrogen (secondary N) is 1. The SMILES string of the molecule is O=C(O)c1nn(C2CCOCC2)c2c1CNC2. The van der Waals surface area contributed by atoms with Crippen molar-refractivity contribution in [2.24, 2.45) is 0 Å². The molecule has 6 nitrogen and oxygen atoms in total. The van der Waals surface area contributed by atoms with Gasteiger partial charge in [-0.1, -0.05) is 0 Å². The van der Waals surface area contributed by atoms with E-state index in [1.807, 2.05) is 4.68 Å². The van der Waals surface area contributed by atoms with Gasteiger partial charge in [-0.05, 0) is 12.8 Å². The predicted octanol–water partition coefficient (Wildman–Crippen LogP) is 0.536. The lowest BCUT2D eigenvalue weighted by Crippen LogP contribution is -2.23. The van der Waals surface area contributed by atoms with Crippen LogP contribution >= 0.6 is 0 Å². The molecule has 0 aromatic carbocycles. The number of aromatic carboxylic acids is 1. The van der Waals surface area contributed by atoms with E-state index in [-0.39, 0.29) is 11.7 Å². The molecule has 1 fully saturated rings. The fourth-order valence-electron chi connectivity index (χ4n) is 2.59. The first-order chi connectivity index (χ1) is 8.27. The number of ether oxygens (including phenoxy) is 1. The highest BCUT2D eigenvalue weighted by Gasteiger charge is 2.29. The van der Waals surface area contributed by atoms with Gasteiger partial charge in [0, 0.05) is 31.9 Å². The Morgan fingerprint density at radius 2 is 2.18 bits per heavy atom. The number of hydrogen-bond acceptors (Lipinski definition) is 4. The van der Waals surface area contributed by atoms with Gasteiger partial charge in [0.05, 0.1) is 11.7 Å². The fourth-order valence-corrected chi connectivity index (χ4v) is 2.59. The van der Waals surface area contributed by atoms with Crippen molar-refractivity contribution in [1.29, 1.82) is 0 Å². The van der Waals surface area contributed by atoms with Gasteiger partial charge in [-0.2, -0.15) is 5.10 Å². The van der Waals surface area contributed by atoms with E-state index < -0.39 is 5.97 Å². The smallest absolute Gasteiger partial charge is 0.356 e. The van der Waals surface area contributed by atoms with Crippen molar-refractivity contribution in [3.8, 4) is 0 Å². The lowest BCUT2D eigenvalue weighted by molar-refractivity contribution is 0.0638. The van der Waals surface area contributed by atoms with E-state index in [0.717, 1.165) is 37.3 Å². The minimum atomic E-state index is -0.934. The van der Waals surface area contributed by atoms with Crippen LogP contribution < -0.4 is 5.32 Å². The van der Waals surface area contributed by atoms with Crippen molar-refractivity contribution >= 4 is 5.97 Å². The van der Waals surface area contributed by atoms with Gasteiger partial charge >= 0.3 is 5.97 Å². The van der Waals surface area contributed by atoms with E-state index in [2.05, 4.69) is 10.4 Å². The molecule has 0 spiro atoms. The summed E-state index contributed by atoms with van der Waals surface area (Å²) in [6.07, 6.45) is 1.82. The molecule has 3 heterocycles. The van der Waals surface area contributed by atoms with Gasteiger partial charge in [0.25, 0.3) is 0 Å². The average Bonchev–Trinajstić information content (AvgIpc) is 2.90. The van der Waals surface area contributed by atoms with Crippen molar-refractivity contribution in [3.05, 3.63) is 17.0 Å². The largest absolute Gasteiger partial charge is 0.476 e. The van der Waals surface area contributed by atoms with Gasteiger partial charge in [-0.3, -0.25) is 4.68 Å². The first-order valence-electron chi connectivity index (χ1n) is 5.89. The molecular formula is C11H15N3O3. The Bertz CT molecular complexity index is 449. The zero-order valence-electron chi connectivity index (χ0n) is 9.48. The topological polar surface area (TPSA) is 76.4 Å². The zero-order valence-corrected chi connectivity index (χ0v) is 9.48. The third-order valence-corrected chi connectivity index (χ3v) is 3.45. The second kappa shape index (κ2) is 4.12. The van der Waals surface area contributed by atoms with Crippen LogP contribution in [0, 0.1) is 0 Å². The van der Waals surface area contributed by atoms with Gasteiger partial charge in [-0.25, -0.2) is 4.79 Å². The Kier molecular flexibility index (Phi) is 2.60. The summed E-state index contributed by atoms with van der Waals surface area (Å²) in [7, 11) is 0. The van der Waals surface area contributed by atoms with Gasteiger partial charge < -0.3 is 15.2 Å². The Labute approximate surface area is 98.6 Å². The normalized spacial score (nSPS) is 20.5. The van der Waals surface area contributed by atoms with Gasteiger partial charge in [0.15, 0.2) is 5.69 Å². The molecule has 1 aromatic rings. The number of aromatic nitrogens is 2. The molecule has 0 saturated carbocycles. The maximum Gasteiger partial charge on any atom is 0.356 e. The van der Waals surface area contributed by atoms with Crippen LogP contribution in [0.5, 0.6) is 0 Å². The maximum absolute atomic E-state index is 11.1. The van der Waals surface area contributed by atoms with Gasteiger partial charge in [-0.15, -0.1) is 0 Å². The molecule has 0 amide bonds. The Morgan fingerprint density at radius 3 is 2.88 bits per heavy atom. The molecule has 0 unspecified atom stereocenters. The molecule has 92 valence electrons. The summed E-state index contributed by atoms with van der Waals surface area (Å²) < 4.78 is 7.23. The molecule has 17 heavy (non-hydrogen) atoms. The van der Waals surface area contributed by atoms with Gasteiger partial charge in [0.1, 0.15) is 0 Å². The summed E-state index contributed by atoms with van der Waals surface area (Å²) in [5.41, 5.74) is 2.09. The minimum absolute atomic E-state index is 0.205. The highest BCUT2D eigenvalue weighted by Crippen LogP contribution is 2.27. The van der Waals surface area contributed by atoms with Crippen molar-refractivity contribution in [2.45, 2.75) is 32.0 Å². The molecule has 6 heteroatoms. The summed E-state index contributed by atoms with van der Waals surface area (Å²) in [6.45, 7) is 2.79. The Balaban J connectivity index is 1.99. The van der Waals surface area contributed by atoms with E-state index in [0.29, 0.717) is 13.1 Å². The van der Waals surface area contributed by atoms with Crippen LogP contribution in [-0.2, 0) is 17.8 Å². The summed E-state index contributed by atoms with van der Waals surface area (Å²) in [4.78, 5) is 11.1. The van der Waals surface area contributed by atoms with Crippen LogP contribution in [0.2, 0.25) is 0 Å². The van der Waals surface area contributed by atoms with Crippen LogP contribution in [-0.4, -0.2) is 34.1 Å². The molecule has 0 aliphatic carbocycles. The molecule has 0 atom stereocenters. The lowest BCUT2D eigenvalue weighted by Gasteiger charge is -2.23. The molecular weight excluding hydrogens is 222 g/mol. The average molecular weight is 237 g/mol. The summed E-state index contributed by atoms with van der Waals surface area (Å²) in [5, 5.41) is 16.6. The Morgan fingerprint density at radius 1 is 1.41 bits per heavy atom. The summed E-state index contributed by atoms with van der Waals surface area (Å²) in [5.74, 6) is -0.934. The quantitative estimate of drug-likeness (QED) is 0.785. The van der Waals surface area contributed by atoms with E-state index in [1.165, 1.54) is 0 Å². The molecule has 1 aromatic heterocycles. The molecule has 2 aliphatic heterocycles. The molecule has 2 aliphatic rings. The highest BCUT2D eigenvalue weighted by molar-refractivity contribution is 5.87. The van der Waals surface area contributed by atoms with Crippen LogP contribution in [0.1, 0.15) is 40.6 Å². The molecule has 1 saturated heterocycles. The third kappa shape index (κ3) is 1.73. The maximum atomic E-state index is 11.1. The predicted molar refractivity (Wildman–Crippen MR) is 58.8 cm³/mol. The second-order valence-electron chi connectivity index (χ2n) is 4.47. The van der Waals surface area contributed by atoms with Crippen molar-refractivity contribution < 1.29 is 14.6 Å². The molecule has 2 N–H and O–H groups in total. The number of rotatable bonds is 2. The van der Waals surface area contributed by atoms with E-state index in [4.69, 9.17) is 9.84 Å². The number of hydrogen-bond donors (Lipinski definition) is 2. The van der Waals surface area contributed by atoms with Crippen LogP contribution in [0.15, 0.2) is 0 Å². The van der Waals surface area contributed by atoms with Crippen molar-refractivity contribution in [2.75, 3.05) is 13.2 Å². The van der Waals surface area contributed by atoms with Crippen LogP contribution in [0.25, 0.3) is 0 Å². The standard InChI is InChI=1S/C11H15N3O3/c15-11(16)10-8-5-12-6-9(8)14(13-10)7-1-3-17-4-2-7/h7,12H,1-6H2,(H,15,16). The number of carboxylic acids is 1. The van der Waals surface area contributed by atoms with E-state index >= 15 is 0 Å². The van der Waals surface area contributed by atoms with E-state index in [1.54, 1.807) is 0 Å². The lowest BCUT2D eigenvalue weighted by atomic mass is 10.1. The Hall–Kier alpha value is -1.40. The minimum Gasteiger partial charge on any atom is -0.476 e. The number of carbonyl (C=O) groups is 1. The fraction of sp³-hybridized carbons (Fsp3) is 0.636. The summed E-state index contributed by atoms with van der Waals surface area (Å²) >= 11 is 0. The second-order valence-corrected chi connectivity index (χ2v) is 4.47. The highest BCUT2D eigenvalue weighted by atomic mass is 16.5. The van der Waals surface area contributed by atoms with Crippen LogP contribution in [0.4, 0.5) is 0 Å². The van der Waals surface area contributed by atoms with Crippen molar-refractivity contribution in [1.82, 2.24) is 15.1 Å². The number of fused-ring (bicyclic) bond motifs is 1. The first kappa shape index (κ1) is 10.7. The first-order valence-corrected chi connectivity index (χ1v) is 5.89. The number of carboxylic acid groups (broad SMARTS) is 1. The van der Waals surface area contributed by atoms with Gasteiger partial charge in [0.2, 0.25) is 0 Å². The molecule has 0 bridgehead atoms. The van der Waals surface area contributed by atoms with E-state index in [9.17, 15) is 4.79 Å². The molecule has 3 rings (SSSR count). The number of nitrogens with zero attached hydrogens (tertiary/aromatic N) is 2. The third-order valence-electron chi connectivity index (χ3n) is 3.45.